The first-order valence-corrected chi connectivity index (χ1v) is 11.8. The fourth-order valence-corrected chi connectivity index (χ4v) is 3.97. The highest BCUT2D eigenvalue weighted by atomic mass is 32.1. The number of nitrogens with zero attached hydrogens (tertiary/aromatic N) is 4. The van der Waals surface area contributed by atoms with Crippen molar-refractivity contribution in [1.82, 2.24) is 19.3 Å². The molecule has 0 spiro atoms. The molecule has 3 heterocycles. The highest BCUT2D eigenvalue weighted by molar-refractivity contribution is 7.06. The lowest BCUT2D eigenvalue weighted by atomic mass is 10.1. The number of nitrogens with one attached hydrogen (secondary N) is 1. The topological polar surface area (TPSA) is 116 Å². The molecule has 3 aromatic rings. The van der Waals surface area contributed by atoms with Gasteiger partial charge in [0.25, 0.3) is 5.91 Å². The van der Waals surface area contributed by atoms with E-state index in [0.717, 1.165) is 10.6 Å². The summed E-state index contributed by atoms with van der Waals surface area (Å²) in [6.45, 7) is 7.80. The van der Waals surface area contributed by atoms with Crippen molar-refractivity contribution >= 4 is 29.1 Å². The van der Waals surface area contributed by atoms with Crippen LogP contribution in [0.3, 0.4) is 0 Å². The molecule has 1 N–H and O–H groups in total. The summed E-state index contributed by atoms with van der Waals surface area (Å²) in [5, 5.41) is 2.87. The Kier molecular flexibility index (Phi) is 8.64. The van der Waals surface area contributed by atoms with Gasteiger partial charge >= 0.3 is 5.97 Å². The quantitative estimate of drug-likeness (QED) is 0.334. The lowest BCUT2D eigenvalue weighted by molar-refractivity contribution is -0.154. The zero-order chi connectivity index (χ0) is 24.6. The molecular weight excluding hydrogens is 454 g/mol. The predicted octanol–water partition coefficient (Wildman–Crippen LogP) is 4.37. The number of carbonyl (C=O) groups excluding carboxylic acids is 2. The number of unbranched alkanes of at least 4 members (excludes halogenated alkanes) is 1. The molecule has 180 valence electrons. The van der Waals surface area contributed by atoms with Crippen molar-refractivity contribution in [2.45, 2.75) is 59.0 Å². The Morgan fingerprint density at radius 1 is 1.09 bits per heavy atom. The van der Waals surface area contributed by atoms with E-state index in [1.54, 1.807) is 36.9 Å². The smallest absolute Gasteiger partial charge is 0.306 e. The van der Waals surface area contributed by atoms with Crippen molar-refractivity contribution in [2.75, 3.05) is 11.9 Å². The molecular formula is C24H29N5O4S. The van der Waals surface area contributed by atoms with Crippen molar-refractivity contribution in [2.24, 2.45) is 0 Å². The number of hydrogen-bond donors (Lipinski definition) is 1. The van der Waals surface area contributed by atoms with Gasteiger partial charge in [0.15, 0.2) is 0 Å². The van der Waals surface area contributed by atoms with Crippen LogP contribution in [0.4, 0.5) is 5.69 Å². The van der Waals surface area contributed by atoms with E-state index in [-0.39, 0.29) is 11.9 Å². The Morgan fingerprint density at radius 3 is 2.59 bits per heavy atom. The van der Waals surface area contributed by atoms with E-state index in [1.165, 1.54) is 11.5 Å². The molecule has 0 aliphatic rings. The van der Waals surface area contributed by atoms with Crippen LogP contribution < -0.4 is 10.1 Å². The fourth-order valence-electron chi connectivity index (χ4n) is 3.09. The van der Waals surface area contributed by atoms with Gasteiger partial charge in [-0.05, 0) is 58.1 Å². The predicted molar refractivity (Wildman–Crippen MR) is 129 cm³/mol. The molecule has 0 fully saturated rings. The summed E-state index contributed by atoms with van der Waals surface area (Å²) in [5.74, 6) is -0.00336. The van der Waals surface area contributed by atoms with Crippen LogP contribution in [0.2, 0.25) is 0 Å². The van der Waals surface area contributed by atoms with E-state index in [9.17, 15) is 9.59 Å². The van der Waals surface area contributed by atoms with Crippen molar-refractivity contribution in [3.05, 3.63) is 58.7 Å². The van der Waals surface area contributed by atoms with Crippen molar-refractivity contribution in [1.29, 1.82) is 0 Å². The van der Waals surface area contributed by atoms with E-state index in [0.29, 0.717) is 55.1 Å². The van der Waals surface area contributed by atoms with Crippen LogP contribution in [0.5, 0.6) is 5.88 Å². The molecule has 0 bridgehead atoms. The van der Waals surface area contributed by atoms with Gasteiger partial charge in [-0.15, -0.1) is 0 Å². The largest absolute Gasteiger partial charge is 0.478 e. The molecule has 10 heteroatoms. The standard InChI is InChI=1S/C24H29N5O4S/c1-16-22(19(34-29-16)13-18-14-25-10-11-26-18)23(31)28-17-8-9-20(27-15-17)32-12-6-5-7-21(30)33-24(2,3)4/h8-11,14-15H,5-7,12-13H2,1-4H3,(H,28,31). The number of ether oxygens (including phenoxy) is 2. The molecule has 34 heavy (non-hydrogen) atoms. The number of amides is 1. The van der Waals surface area contributed by atoms with E-state index in [2.05, 4.69) is 24.6 Å². The Morgan fingerprint density at radius 2 is 1.91 bits per heavy atom. The fraction of sp³-hybridized carbons (Fsp3) is 0.417. The van der Waals surface area contributed by atoms with Crippen LogP contribution in [-0.2, 0) is 16.0 Å². The minimum Gasteiger partial charge on any atom is -0.478 e. The van der Waals surface area contributed by atoms with Crippen LogP contribution in [0.15, 0.2) is 36.9 Å². The van der Waals surface area contributed by atoms with Crippen LogP contribution in [0, 0.1) is 6.92 Å². The van der Waals surface area contributed by atoms with E-state index < -0.39 is 5.60 Å². The Hall–Kier alpha value is -3.40. The number of rotatable bonds is 10. The molecule has 0 unspecified atom stereocenters. The molecule has 0 radical (unpaired) electrons. The number of carbonyl (C=O) groups is 2. The normalized spacial score (nSPS) is 11.2. The number of esters is 1. The molecule has 0 saturated heterocycles. The number of aromatic nitrogens is 4. The Bertz CT molecular complexity index is 1090. The van der Waals surface area contributed by atoms with Crippen LogP contribution in [0.25, 0.3) is 0 Å². The third kappa shape index (κ3) is 7.87. The Balaban J connectivity index is 1.47. The first kappa shape index (κ1) is 25.2. The summed E-state index contributed by atoms with van der Waals surface area (Å²) < 4.78 is 15.2. The maximum absolute atomic E-state index is 12.9. The average Bonchev–Trinajstić information content (AvgIpc) is 3.14. The molecule has 3 aromatic heterocycles. The monoisotopic (exact) mass is 483 g/mol. The van der Waals surface area contributed by atoms with Crippen molar-refractivity contribution in [3.63, 3.8) is 0 Å². The highest BCUT2D eigenvalue weighted by Gasteiger charge is 2.19. The van der Waals surface area contributed by atoms with E-state index >= 15 is 0 Å². The van der Waals surface area contributed by atoms with Crippen molar-refractivity contribution < 1.29 is 19.1 Å². The lowest BCUT2D eigenvalue weighted by Gasteiger charge is -2.19. The third-order valence-corrected chi connectivity index (χ3v) is 5.49. The summed E-state index contributed by atoms with van der Waals surface area (Å²) >= 11 is 1.29. The molecule has 0 saturated carbocycles. The molecule has 3 rings (SSSR count). The van der Waals surface area contributed by atoms with E-state index in [1.807, 2.05) is 27.7 Å². The van der Waals surface area contributed by atoms with Gasteiger partial charge in [-0.3, -0.25) is 19.6 Å². The average molecular weight is 484 g/mol. The van der Waals surface area contributed by atoms with Gasteiger partial charge in [0.2, 0.25) is 5.88 Å². The first-order valence-electron chi connectivity index (χ1n) is 11.0. The zero-order valence-electron chi connectivity index (χ0n) is 19.8. The number of pyridine rings is 1. The van der Waals surface area contributed by atoms with Gasteiger partial charge < -0.3 is 14.8 Å². The SMILES string of the molecule is Cc1nsc(Cc2cnccn2)c1C(=O)Nc1ccc(OCCCCC(=O)OC(C)(C)C)nc1. The third-order valence-electron chi connectivity index (χ3n) is 4.56. The summed E-state index contributed by atoms with van der Waals surface area (Å²) in [4.78, 5) is 38.0. The van der Waals surface area contributed by atoms with Gasteiger partial charge in [-0.2, -0.15) is 4.37 Å². The lowest BCUT2D eigenvalue weighted by Crippen LogP contribution is -2.23. The molecule has 0 aromatic carbocycles. The van der Waals surface area contributed by atoms with Crippen molar-refractivity contribution in [3.8, 4) is 5.88 Å². The first-order chi connectivity index (χ1) is 16.2. The second kappa shape index (κ2) is 11.6. The van der Waals surface area contributed by atoms with Gasteiger partial charge in [-0.25, -0.2) is 4.98 Å². The second-order valence-electron chi connectivity index (χ2n) is 8.67. The van der Waals surface area contributed by atoms with E-state index in [4.69, 9.17) is 9.47 Å². The number of anilines is 1. The minimum atomic E-state index is -0.467. The molecule has 0 atom stereocenters. The van der Waals surface area contributed by atoms with Crippen LogP contribution >= 0.6 is 11.5 Å². The van der Waals surface area contributed by atoms with Crippen LogP contribution in [-0.4, -0.2) is 43.4 Å². The summed E-state index contributed by atoms with van der Waals surface area (Å²) in [6.07, 6.45) is 8.68. The maximum Gasteiger partial charge on any atom is 0.306 e. The van der Waals surface area contributed by atoms with Gasteiger partial charge in [0, 0.05) is 42.4 Å². The van der Waals surface area contributed by atoms with Gasteiger partial charge in [-0.1, -0.05) is 0 Å². The maximum atomic E-state index is 12.9. The number of aryl methyl sites for hydroxylation is 1. The molecule has 1 amide bonds. The zero-order valence-corrected chi connectivity index (χ0v) is 20.6. The molecule has 0 aliphatic heterocycles. The molecule has 0 aliphatic carbocycles. The highest BCUT2D eigenvalue weighted by Crippen LogP contribution is 2.23. The summed E-state index contributed by atoms with van der Waals surface area (Å²) in [6, 6.07) is 3.43. The minimum absolute atomic E-state index is 0.207. The Labute approximate surface area is 203 Å². The second-order valence-corrected chi connectivity index (χ2v) is 9.53. The number of hydrogen-bond acceptors (Lipinski definition) is 9. The van der Waals surface area contributed by atoms with Crippen LogP contribution in [0.1, 0.15) is 66.7 Å². The van der Waals surface area contributed by atoms with Gasteiger partial charge in [0.05, 0.1) is 35.4 Å². The molecule has 9 nitrogen and oxygen atoms in total. The summed E-state index contributed by atoms with van der Waals surface area (Å²) in [7, 11) is 0. The summed E-state index contributed by atoms with van der Waals surface area (Å²) in [5.41, 5.74) is 2.07. The van der Waals surface area contributed by atoms with Gasteiger partial charge in [0.1, 0.15) is 5.60 Å².